The standard InChI is InChI=1S/C14H16BrClN2O2/c1-8-14(16)11(18(2)17-8)7-12(19)9-4-5-13(20-3)10(15)6-9/h4-6,12,19H,7H2,1-3H3. The van der Waals surface area contributed by atoms with E-state index in [-0.39, 0.29) is 0 Å². The minimum Gasteiger partial charge on any atom is -0.496 e. The van der Waals surface area contributed by atoms with Gasteiger partial charge in [0.25, 0.3) is 0 Å². The first-order chi connectivity index (χ1) is 9.43. The van der Waals surface area contributed by atoms with Crippen LogP contribution in [0.1, 0.15) is 23.1 Å². The van der Waals surface area contributed by atoms with Crippen molar-refractivity contribution in [1.29, 1.82) is 0 Å². The van der Waals surface area contributed by atoms with Crippen molar-refractivity contribution < 1.29 is 9.84 Å². The largest absolute Gasteiger partial charge is 0.496 e. The summed E-state index contributed by atoms with van der Waals surface area (Å²) in [6.45, 7) is 1.85. The van der Waals surface area contributed by atoms with Crippen molar-refractivity contribution in [3.05, 3.63) is 44.6 Å². The second kappa shape index (κ2) is 6.16. The van der Waals surface area contributed by atoms with E-state index in [0.29, 0.717) is 11.4 Å². The van der Waals surface area contributed by atoms with Gasteiger partial charge < -0.3 is 9.84 Å². The lowest BCUT2D eigenvalue weighted by atomic mass is 10.0. The third-order valence-corrected chi connectivity index (χ3v) is 4.32. The zero-order chi connectivity index (χ0) is 14.9. The van der Waals surface area contributed by atoms with Crippen molar-refractivity contribution in [2.75, 3.05) is 7.11 Å². The molecule has 0 bridgehead atoms. The number of aliphatic hydroxyl groups excluding tert-OH is 1. The number of methoxy groups -OCH3 is 1. The van der Waals surface area contributed by atoms with E-state index in [9.17, 15) is 5.11 Å². The molecule has 0 saturated carbocycles. The molecule has 20 heavy (non-hydrogen) atoms. The number of benzene rings is 1. The monoisotopic (exact) mass is 358 g/mol. The fourth-order valence-corrected chi connectivity index (χ4v) is 2.89. The molecule has 1 unspecified atom stereocenters. The molecule has 1 aromatic heterocycles. The zero-order valence-corrected chi connectivity index (χ0v) is 13.9. The molecule has 0 fully saturated rings. The van der Waals surface area contributed by atoms with Crippen LogP contribution >= 0.6 is 27.5 Å². The van der Waals surface area contributed by atoms with Gasteiger partial charge in [-0.2, -0.15) is 5.10 Å². The normalized spacial score (nSPS) is 12.5. The van der Waals surface area contributed by atoms with E-state index in [1.54, 1.807) is 11.8 Å². The van der Waals surface area contributed by atoms with Crippen LogP contribution in [0.3, 0.4) is 0 Å². The summed E-state index contributed by atoms with van der Waals surface area (Å²) in [5.74, 6) is 0.732. The van der Waals surface area contributed by atoms with Crippen LogP contribution < -0.4 is 4.74 Å². The number of halogens is 2. The van der Waals surface area contributed by atoms with Gasteiger partial charge in [-0.15, -0.1) is 0 Å². The van der Waals surface area contributed by atoms with E-state index in [4.69, 9.17) is 16.3 Å². The highest BCUT2D eigenvalue weighted by Crippen LogP contribution is 2.30. The number of rotatable bonds is 4. The van der Waals surface area contributed by atoms with Gasteiger partial charge >= 0.3 is 0 Å². The van der Waals surface area contributed by atoms with Crippen molar-refractivity contribution >= 4 is 27.5 Å². The molecule has 0 aliphatic rings. The smallest absolute Gasteiger partial charge is 0.133 e. The first kappa shape index (κ1) is 15.4. The summed E-state index contributed by atoms with van der Waals surface area (Å²) in [6, 6.07) is 5.50. The molecule has 0 radical (unpaired) electrons. The molecule has 2 rings (SSSR count). The lowest BCUT2D eigenvalue weighted by molar-refractivity contribution is 0.175. The molecule has 4 nitrogen and oxygen atoms in total. The van der Waals surface area contributed by atoms with E-state index in [1.165, 1.54) is 0 Å². The molecule has 1 heterocycles. The maximum absolute atomic E-state index is 10.4. The Labute approximate surface area is 131 Å². The van der Waals surface area contributed by atoms with Crippen LogP contribution in [0.15, 0.2) is 22.7 Å². The van der Waals surface area contributed by atoms with Crippen molar-refractivity contribution in [1.82, 2.24) is 9.78 Å². The average Bonchev–Trinajstić information content (AvgIpc) is 2.65. The molecule has 0 aliphatic carbocycles. The first-order valence-corrected chi connectivity index (χ1v) is 7.30. The van der Waals surface area contributed by atoms with Crippen molar-refractivity contribution in [2.45, 2.75) is 19.4 Å². The molecule has 6 heteroatoms. The molecule has 0 amide bonds. The van der Waals surface area contributed by atoms with Gasteiger partial charge in [-0.25, -0.2) is 0 Å². The Balaban J connectivity index is 2.23. The van der Waals surface area contributed by atoms with Crippen LogP contribution in [0.2, 0.25) is 5.02 Å². The summed E-state index contributed by atoms with van der Waals surface area (Å²) >= 11 is 9.62. The second-order valence-corrected chi connectivity index (χ2v) is 5.82. The summed E-state index contributed by atoms with van der Waals surface area (Å²) in [5.41, 5.74) is 2.39. The van der Waals surface area contributed by atoms with Gasteiger partial charge in [-0.05, 0) is 40.5 Å². The number of hydrogen-bond acceptors (Lipinski definition) is 3. The predicted octanol–water partition coefficient (Wildman–Crippen LogP) is 3.43. The third kappa shape index (κ3) is 3.00. The molecule has 2 aromatic rings. The zero-order valence-electron chi connectivity index (χ0n) is 11.5. The molecule has 108 valence electrons. The van der Waals surface area contributed by atoms with Crippen LogP contribution in [0, 0.1) is 6.92 Å². The maximum atomic E-state index is 10.4. The lowest BCUT2D eigenvalue weighted by Crippen LogP contribution is -2.07. The van der Waals surface area contributed by atoms with E-state index < -0.39 is 6.10 Å². The van der Waals surface area contributed by atoms with Gasteiger partial charge in [0.05, 0.1) is 34.1 Å². The molecular weight excluding hydrogens is 344 g/mol. The van der Waals surface area contributed by atoms with E-state index in [0.717, 1.165) is 27.2 Å². The Morgan fingerprint density at radius 1 is 1.50 bits per heavy atom. The van der Waals surface area contributed by atoms with E-state index >= 15 is 0 Å². The number of aromatic nitrogens is 2. The Bertz CT molecular complexity index is 628. The number of hydrogen-bond donors (Lipinski definition) is 1. The Kier molecular flexibility index (Phi) is 4.73. The number of ether oxygens (including phenoxy) is 1. The maximum Gasteiger partial charge on any atom is 0.133 e. The van der Waals surface area contributed by atoms with Crippen LogP contribution in [-0.2, 0) is 13.5 Å². The Morgan fingerprint density at radius 2 is 2.20 bits per heavy atom. The molecule has 1 atom stereocenters. The summed E-state index contributed by atoms with van der Waals surface area (Å²) in [6.07, 6.45) is -0.237. The predicted molar refractivity (Wildman–Crippen MR) is 82.3 cm³/mol. The van der Waals surface area contributed by atoms with Crippen molar-refractivity contribution in [3.8, 4) is 5.75 Å². The van der Waals surface area contributed by atoms with E-state index in [1.807, 2.05) is 32.2 Å². The number of aliphatic hydroxyl groups is 1. The van der Waals surface area contributed by atoms with Crippen LogP contribution in [0.25, 0.3) is 0 Å². The summed E-state index contributed by atoms with van der Waals surface area (Å²) in [7, 11) is 3.43. The van der Waals surface area contributed by atoms with Crippen molar-refractivity contribution in [3.63, 3.8) is 0 Å². The fourth-order valence-electron chi connectivity index (χ4n) is 2.09. The van der Waals surface area contributed by atoms with Gasteiger partial charge in [0.2, 0.25) is 0 Å². The third-order valence-electron chi connectivity index (χ3n) is 3.21. The van der Waals surface area contributed by atoms with Gasteiger partial charge in [0.1, 0.15) is 5.75 Å². The average molecular weight is 360 g/mol. The minimum atomic E-state index is -0.649. The summed E-state index contributed by atoms with van der Waals surface area (Å²) in [5, 5.41) is 15.2. The Morgan fingerprint density at radius 3 is 2.70 bits per heavy atom. The quantitative estimate of drug-likeness (QED) is 0.910. The first-order valence-electron chi connectivity index (χ1n) is 6.13. The minimum absolute atomic E-state index is 0.412. The van der Waals surface area contributed by atoms with Gasteiger partial charge in [0.15, 0.2) is 0 Å². The molecule has 0 saturated heterocycles. The van der Waals surface area contributed by atoms with E-state index in [2.05, 4.69) is 21.0 Å². The second-order valence-electron chi connectivity index (χ2n) is 4.58. The highest BCUT2D eigenvalue weighted by molar-refractivity contribution is 9.10. The van der Waals surface area contributed by atoms with Gasteiger partial charge in [-0.3, -0.25) is 4.68 Å². The van der Waals surface area contributed by atoms with Crippen molar-refractivity contribution in [2.24, 2.45) is 7.05 Å². The number of aryl methyl sites for hydroxylation is 2. The molecule has 1 aromatic carbocycles. The molecule has 0 spiro atoms. The Hall–Kier alpha value is -1.04. The number of nitrogens with zero attached hydrogens (tertiary/aromatic N) is 2. The van der Waals surface area contributed by atoms with Crippen LogP contribution in [-0.4, -0.2) is 22.0 Å². The lowest BCUT2D eigenvalue weighted by Gasteiger charge is -2.13. The SMILES string of the molecule is COc1ccc(C(O)Cc2c(Cl)c(C)nn2C)cc1Br. The summed E-state index contributed by atoms with van der Waals surface area (Å²) in [4.78, 5) is 0. The topological polar surface area (TPSA) is 47.3 Å². The van der Waals surface area contributed by atoms with Crippen LogP contribution in [0.4, 0.5) is 0 Å². The molecule has 1 N–H and O–H groups in total. The molecular formula is C14H16BrClN2O2. The van der Waals surface area contributed by atoms with Gasteiger partial charge in [-0.1, -0.05) is 17.7 Å². The molecule has 0 aliphatic heterocycles. The fraction of sp³-hybridized carbons (Fsp3) is 0.357. The highest BCUT2D eigenvalue weighted by atomic mass is 79.9. The van der Waals surface area contributed by atoms with Crippen LogP contribution in [0.5, 0.6) is 5.75 Å². The highest BCUT2D eigenvalue weighted by Gasteiger charge is 2.17. The van der Waals surface area contributed by atoms with Gasteiger partial charge in [0, 0.05) is 13.5 Å². The summed E-state index contributed by atoms with van der Waals surface area (Å²) < 4.78 is 7.69.